The van der Waals surface area contributed by atoms with E-state index in [4.69, 9.17) is 0 Å². The molecule has 1 N–H and O–H groups in total. The van der Waals surface area contributed by atoms with Gasteiger partial charge in [-0.15, -0.1) is 0 Å². The van der Waals surface area contributed by atoms with Crippen molar-refractivity contribution >= 4 is 17.7 Å². The highest BCUT2D eigenvalue weighted by Crippen LogP contribution is 2.38. The zero-order valence-corrected chi connectivity index (χ0v) is 14.2. The topological polar surface area (TPSA) is 64.0 Å². The van der Waals surface area contributed by atoms with Crippen LogP contribution in [0.1, 0.15) is 50.4 Å². The first kappa shape index (κ1) is 15.6. The number of rotatable bonds is 2. The summed E-state index contributed by atoms with van der Waals surface area (Å²) < 4.78 is 1.60. The Morgan fingerprint density at radius 2 is 2.23 bits per heavy atom. The number of carbonyl (C=O) groups is 1. The largest absolute Gasteiger partial charge is 0.349 e. The predicted molar refractivity (Wildman–Crippen MR) is 87.3 cm³/mol. The third-order valence-corrected chi connectivity index (χ3v) is 5.49. The summed E-state index contributed by atoms with van der Waals surface area (Å²) in [6.07, 6.45) is 4.54. The maximum absolute atomic E-state index is 12.5. The van der Waals surface area contributed by atoms with Gasteiger partial charge in [0.15, 0.2) is 5.16 Å². The molecule has 5 nitrogen and oxygen atoms in total. The van der Waals surface area contributed by atoms with E-state index in [2.05, 4.69) is 31.1 Å². The molecule has 1 saturated carbocycles. The van der Waals surface area contributed by atoms with Gasteiger partial charge in [0, 0.05) is 24.5 Å². The number of carbonyl (C=O) groups excluding carboxylic acids is 1. The lowest BCUT2D eigenvalue weighted by molar-refractivity contribution is 0.0871. The summed E-state index contributed by atoms with van der Waals surface area (Å²) in [5.41, 5.74) is 0.190. The molecule has 1 aromatic rings. The minimum atomic E-state index is -0.278. The molecule has 0 spiro atoms. The summed E-state index contributed by atoms with van der Waals surface area (Å²) in [4.78, 5) is 29.1. The molecule has 2 aliphatic rings. The molecule has 120 valence electrons. The summed E-state index contributed by atoms with van der Waals surface area (Å²) >= 11 is 1.56. The lowest BCUT2D eigenvalue weighted by Crippen LogP contribution is -2.44. The molecule has 0 radical (unpaired) electrons. The van der Waals surface area contributed by atoms with Crippen molar-refractivity contribution in [2.75, 3.05) is 5.75 Å². The molecule has 0 unspecified atom stereocenters. The highest BCUT2D eigenvalue weighted by molar-refractivity contribution is 7.99. The fourth-order valence-corrected chi connectivity index (χ4v) is 4.81. The van der Waals surface area contributed by atoms with Gasteiger partial charge in [-0.05, 0) is 30.6 Å². The average Bonchev–Trinajstić information content (AvgIpc) is 2.85. The van der Waals surface area contributed by atoms with Crippen LogP contribution in [0.4, 0.5) is 0 Å². The van der Waals surface area contributed by atoms with Crippen molar-refractivity contribution in [2.24, 2.45) is 11.3 Å². The van der Waals surface area contributed by atoms with Crippen LogP contribution in [0.25, 0.3) is 0 Å². The standard InChI is InChI=1S/C16H23N3O2S/c1-10-6-11(8-16(2,3)7-10)18-13(20)12-9-17-15-19(14(12)21)4-5-22-15/h9-11H,4-8H2,1-3H3,(H,18,20)/t10-,11+/m1/s1. The zero-order chi connectivity index (χ0) is 15.9. The molecule has 3 rings (SSSR count). The minimum Gasteiger partial charge on any atom is -0.349 e. The molecule has 1 fully saturated rings. The lowest BCUT2D eigenvalue weighted by atomic mass is 9.70. The van der Waals surface area contributed by atoms with Crippen molar-refractivity contribution in [1.29, 1.82) is 0 Å². The molecule has 0 saturated heterocycles. The van der Waals surface area contributed by atoms with E-state index in [0.717, 1.165) is 18.6 Å². The van der Waals surface area contributed by atoms with E-state index >= 15 is 0 Å². The minimum absolute atomic E-state index is 0.137. The number of nitrogens with one attached hydrogen (secondary N) is 1. The van der Waals surface area contributed by atoms with Crippen molar-refractivity contribution in [3.05, 3.63) is 22.1 Å². The van der Waals surface area contributed by atoms with Gasteiger partial charge in [-0.1, -0.05) is 32.5 Å². The Morgan fingerprint density at radius 3 is 2.95 bits per heavy atom. The van der Waals surface area contributed by atoms with Crippen molar-refractivity contribution in [1.82, 2.24) is 14.9 Å². The maximum Gasteiger partial charge on any atom is 0.267 e. The molecule has 1 aliphatic carbocycles. The lowest BCUT2D eigenvalue weighted by Gasteiger charge is -2.39. The smallest absolute Gasteiger partial charge is 0.267 e. The summed E-state index contributed by atoms with van der Waals surface area (Å²) in [5.74, 6) is 1.16. The van der Waals surface area contributed by atoms with Gasteiger partial charge >= 0.3 is 0 Å². The molecular formula is C16H23N3O2S. The maximum atomic E-state index is 12.5. The summed E-state index contributed by atoms with van der Waals surface area (Å²) in [7, 11) is 0. The number of amides is 1. The van der Waals surface area contributed by atoms with Crippen LogP contribution in [-0.2, 0) is 6.54 Å². The second kappa shape index (κ2) is 5.72. The predicted octanol–water partition coefficient (Wildman–Crippen LogP) is 2.29. The zero-order valence-electron chi connectivity index (χ0n) is 13.4. The van der Waals surface area contributed by atoms with E-state index in [-0.39, 0.29) is 28.5 Å². The van der Waals surface area contributed by atoms with Gasteiger partial charge in [0.2, 0.25) is 0 Å². The molecular weight excluding hydrogens is 298 g/mol. The van der Waals surface area contributed by atoms with Gasteiger partial charge in [0.05, 0.1) is 0 Å². The van der Waals surface area contributed by atoms with Crippen LogP contribution >= 0.6 is 11.8 Å². The van der Waals surface area contributed by atoms with E-state index in [1.54, 1.807) is 16.3 Å². The van der Waals surface area contributed by atoms with Crippen LogP contribution in [0.3, 0.4) is 0 Å². The highest BCUT2D eigenvalue weighted by Gasteiger charge is 2.33. The average molecular weight is 321 g/mol. The van der Waals surface area contributed by atoms with Crippen molar-refractivity contribution in [3.8, 4) is 0 Å². The van der Waals surface area contributed by atoms with Crippen LogP contribution < -0.4 is 10.9 Å². The Labute approximate surface area is 134 Å². The van der Waals surface area contributed by atoms with E-state index in [0.29, 0.717) is 17.6 Å². The number of fused-ring (bicyclic) bond motifs is 1. The molecule has 22 heavy (non-hydrogen) atoms. The Bertz CT molecular complexity index is 653. The van der Waals surface area contributed by atoms with E-state index < -0.39 is 0 Å². The SMILES string of the molecule is C[C@@H]1C[C@H](NC(=O)c2cnc3n(c2=O)CCS3)CC(C)(C)C1. The van der Waals surface area contributed by atoms with E-state index in [1.807, 2.05) is 0 Å². The number of thioether (sulfide) groups is 1. The van der Waals surface area contributed by atoms with Gasteiger partial charge in [-0.25, -0.2) is 4.98 Å². The quantitative estimate of drug-likeness (QED) is 0.849. The highest BCUT2D eigenvalue weighted by atomic mass is 32.2. The van der Waals surface area contributed by atoms with Crippen molar-refractivity contribution in [3.63, 3.8) is 0 Å². The van der Waals surface area contributed by atoms with Gasteiger partial charge in [0.1, 0.15) is 5.56 Å². The first-order valence-electron chi connectivity index (χ1n) is 7.89. The van der Waals surface area contributed by atoms with Crippen LogP contribution in [0, 0.1) is 11.3 Å². The molecule has 2 atom stereocenters. The Hall–Kier alpha value is -1.30. The third kappa shape index (κ3) is 3.07. The number of hydrogen-bond acceptors (Lipinski definition) is 4. The van der Waals surface area contributed by atoms with Gasteiger partial charge < -0.3 is 5.32 Å². The molecule has 6 heteroatoms. The Kier molecular flexibility index (Phi) is 4.05. The van der Waals surface area contributed by atoms with Gasteiger partial charge in [0.25, 0.3) is 11.5 Å². The number of aromatic nitrogens is 2. The van der Waals surface area contributed by atoms with Gasteiger partial charge in [-0.3, -0.25) is 14.2 Å². The monoisotopic (exact) mass is 321 g/mol. The van der Waals surface area contributed by atoms with Gasteiger partial charge in [-0.2, -0.15) is 0 Å². The Morgan fingerprint density at radius 1 is 1.45 bits per heavy atom. The second-order valence-electron chi connectivity index (χ2n) is 7.34. The second-order valence-corrected chi connectivity index (χ2v) is 8.41. The number of nitrogens with zero attached hydrogens (tertiary/aromatic N) is 2. The molecule has 0 bridgehead atoms. The van der Waals surface area contributed by atoms with Crippen LogP contribution in [0.5, 0.6) is 0 Å². The Balaban J connectivity index is 1.77. The van der Waals surface area contributed by atoms with E-state index in [1.165, 1.54) is 12.6 Å². The first-order valence-corrected chi connectivity index (χ1v) is 8.88. The first-order chi connectivity index (χ1) is 10.4. The summed E-state index contributed by atoms with van der Waals surface area (Å²) in [6, 6.07) is 0.137. The molecule has 1 aromatic heterocycles. The van der Waals surface area contributed by atoms with Crippen LogP contribution in [0.15, 0.2) is 16.1 Å². The van der Waals surface area contributed by atoms with Crippen molar-refractivity contribution < 1.29 is 4.79 Å². The van der Waals surface area contributed by atoms with Crippen molar-refractivity contribution in [2.45, 2.75) is 57.8 Å². The third-order valence-electron chi connectivity index (χ3n) is 4.52. The van der Waals surface area contributed by atoms with Crippen LogP contribution in [0.2, 0.25) is 0 Å². The molecule has 1 aliphatic heterocycles. The molecule has 2 heterocycles. The molecule has 0 aromatic carbocycles. The van der Waals surface area contributed by atoms with E-state index in [9.17, 15) is 9.59 Å². The molecule has 1 amide bonds. The normalized spacial score (nSPS) is 26.5. The fourth-order valence-electron chi connectivity index (χ4n) is 3.89. The summed E-state index contributed by atoms with van der Waals surface area (Å²) in [5, 5.41) is 3.77. The van der Waals surface area contributed by atoms with Crippen LogP contribution in [-0.4, -0.2) is 27.3 Å². The number of hydrogen-bond donors (Lipinski definition) is 1. The summed E-state index contributed by atoms with van der Waals surface area (Å²) in [6.45, 7) is 7.35. The fraction of sp³-hybridized carbons (Fsp3) is 0.688.